The third-order valence-corrected chi connectivity index (χ3v) is 29.5. The first-order chi connectivity index (χ1) is 71.5. The third-order valence-electron chi connectivity index (χ3n) is 29.5. The lowest BCUT2D eigenvalue weighted by molar-refractivity contribution is 1.17. The number of rotatable bonds is 8. The molecule has 0 aliphatic rings. The molecule has 0 unspecified atom stereocenters. The lowest BCUT2D eigenvalue weighted by Crippen LogP contribution is -1.96. The molecule has 12 aromatic heterocycles. The molecule has 144 heavy (non-hydrogen) atoms. The third kappa shape index (κ3) is 12.8. The Morgan fingerprint density at radius 1 is 0.118 bits per heavy atom. The molecular weight excluding hydrogens is 1750 g/mol. The van der Waals surface area contributed by atoms with E-state index in [1.807, 2.05) is 49.6 Å². The summed E-state index contributed by atoms with van der Waals surface area (Å²) in [6, 6.07) is 166. The molecule has 0 N–H and O–H groups in total. The predicted octanol–water partition coefficient (Wildman–Crippen LogP) is 33.7. The van der Waals surface area contributed by atoms with Crippen LogP contribution in [0.5, 0.6) is 0 Å². The van der Waals surface area contributed by atoms with E-state index in [9.17, 15) is 0 Å². The van der Waals surface area contributed by atoms with Gasteiger partial charge in [-0.3, -0.25) is 19.9 Å². The highest BCUT2D eigenvalue weighted by Crippen LogP contribution is 2.49. The molecule has 32 aromatic rings. The van der Waals surface area contributed by atoms with Gasteiger partial charge in [0.2, 0.25) is 0 Å². The number of hydrogen-bond acceptors (Lipinski definition) is 4. The molecule has 12 nitrogen and oxygen atoms in total. The largest absolute Gasteiger partial charge is 0.309 e. The molecule has 0 spiro atoms. The van der Waals surface area contributed by atoms with E-state index in [1.54, 1.807) is 0 Å². The van der Waals surface area contributed by atoms with Gasteiger partial charge in [0.25, 0.3) is 0 Å². The Kier molecular flexibility index (Phi) is 18.8. The predicted molar refractivity (Wildman–Crippen MR) is 602 cm³/mol. The zero-order chi connectivity index (χ0) is 94.6. The minimum Gasteiger partial charge on any atom is -0.309 e. The summed E-state index contributed by atoms with van der Waals surface area (Å²) < 4.78 is 19.2. The molecule has 0 saturated heterocycles. The normalized spacial score (nSPS) is 11.9. The maximum absolute atomic E-state index is 4.30. The van der Waals surface area contributed by atoms with Crippen molar-refractivity contribution in [2.75, 3.05) is 0 Å². The van der Waals surface area contributed by atoms with Gasteiger partial charge in [-0.2, -0.15) is 0 Å². The Hall–Kier alpha value is -19.6. The molecule has 0 bridgehead atoms. The fourth-order valence-electron chi connectivity index (χ4n) is 23.3. The highest BCUT2D eigenvalue weighted by Gasteiger charge is 2.27. The fourth-order valence-corrected chi connectivity index (χ4v) is 23.3. The van der Waals surface area contributed by atoms with Crippen LogP contribution < -0.4 is 0 Å². The molecule has 0 amide bonds. The lowest BCUT2D eigenvalue weighted by atomic mass is 10.1. The van der Waals surface area contributed by atoms with Crippen LogP contribution in [0.15, 0.2) is 511 Å². The van der Waals surface area contributed by atoms with Crippen LogP contribution in [0.3, 0.4) is 0 Å². The average Bonchev–Trinajstić information content (AvgIpc) is 1.58. The minimum atomic E-state index is 1.15. The van der Waals surface area contributed by atoms with Crippen LogP contribution in [-0.4, -0.2) is 56.5 Å². The summed E-state index contributed by atoms with van der Waals surface area (Å²) in [7, 11) is 0. The molecular formula is C132H84N12. The van der Waals surface area contributed by atoms with Crippen molar-refractivity contribution in [3.63, 3.8) is 0 Å². The summed E-state index contributed by atoms with van der Waals surface area (Å²) in [5, 5.41) is 29.7. The molecule has 672 valence electrons. The Morgan fingerprint density at radius 3 is 0.667 bits per heavy atom. The molecule has 20 aromatic carbocycles. The smallest absolute Gasteiger partial charge is 0.0641 e. The van der Waals surface area contributed by atoms with E-state index < -0.39 is 0 Å². The van der Waals surface area contributed by atoms with E-state index in [4.69, 9.17) is 0 Å². The van der Waals surface area contributed by atoms with Crippen LogP contribution in [0.1, 0.15) is 0 Å². The van der Waals surface area contributed by atoms with E-state index in [-0.39, 0.29) is 0 Å². The van der Waals surface area contributed by atoms with Gasteiger partial charge in [-0.05, 0) is 228 Å². The van der Waals surface area contributed by atoms with E-state index in [1.165, 1.54) is 219 Å². The standard InChI is InChI=1S/4C33H21N3/c1-2-8-24(9-3-1)35-30-12-6-4-10-26(30)28-19-29-27-11-5-7-13-31(27)36(33(29)20-32(28)35)25-15-14-23-21-34-17-16-22(23)18-25;1-2-8-24(9-3-1)36-29-12-6-4-10-26(29)27-16-17-31-32(33(27)36)28-11-5-7-13-30(28)35(31)25-15-14-23-21-34-19-18-22(23)20-25;1-2-8-24(9-3-1)35-30-13-7-5-11-28(30)32-31(35)17-16-27-26-10-4-6-12-29(26)36(33(27)32)25-15-14-23-21-34-19-18-22(23)20-25;1-2-8-24(9-3-1)35-28-12-6-4-10-26(28)32-30(35)16-17-31-33(32)27-11-5-7-13-29(27)36(31)25-15-14-23-21-34-19-18-22(23)20-25/h4*1-21H. The highest BCUT2D eigenvalue weighted by molar-refractivity contribution is 6.31. The number of hydrogen-bond donors (Lipinski definition) is 0. The van der Waals surface area contributed by atoms with Crippen molar-refractivity contribution in [3.8, 4) is 45.5 Å². The number of nitrogens with zero attached hydrogens (tertiary/aromatic N) is 12. The Balaban J connectivity index is 0.0000000913. The Labute approximate surface area is 824 Å². The number of benzene rings is 20. The number of aromatic nitrogens is 12. The van der Waals surface area contributed by atoms with E-state index in [0.717, 1.165) is 44.3 Å². The number of para-hydroxylation sites is 12. The van der Waals surface area contributed by atoms with Crippen molar-refractivity contribution < 1.29 is 0 Å². The molecule has 0 atom stereocenters. The fraction of sp³-hybridized carbons (Fsp3) is 0. The first-order valence-electron chi connectivity index (χ1n) is 48.9. The SMILES string of the molecule is c1ccc(-n2c3ccccc3c3c2ccc2c4ccccc4n(-c4ccc5cnccc5c4)c23)cc1.c1ccc(-n2c3ccccc3c3c4c5ccccc5n(-c5ccc6cnccc6c5)c4ccc32)cc1.c1ccc(-n2c3ccccc3c3cc4c5ccccc5n(-c5ccc6cnccc6c5)c4cc32)cc1.c1ccc(-n2c3ccccc3c3ccc4c(c5ccccc5n4-c4ccc5cnccc5c4)c32)cc1. The van der Waals surface area contributed by atoms with Gasteiger partial charge in [-0.15, -0.1) is 0 Å². The van der Waals surface area contributed by atoms with Crippen molar-refractivity contribution in [1.29, 1.82) is 0 Å². The van der Waals surface area contributed by atoms with Gasteiger partial charge in [0.1, 0.15) is 0 Å². The maximum atomic E-state index is 4.30. The second kappa shape index (κ2) is 33.1. The molecule has 0 radical (unpaired) electrons. The summed E-state index contributed by atoms with van der Waals surface area (Å²) >= 11 is 0. The molecule has 0 aliphatic carbocycles. The second-order valence-electron chi connectivity index (χ2n) is 37.2. The topological polar surface area (TPSA) is 91.0 Å². The second-order valence-corrected chi connectivity index (χ2v) is 37.2. The molecule has 0 saturated carbocycles. The zero-order valence-corrected chi connectivity index (χ0v) is 77.9. The first-order valence-corrected chi connectivity index (χ1v) is 48.9. The highest BCUT2D eigenvalue weighted by atomic mass is 15.1. The van der Waals surface area contributed by atoms with Crippen LogP contribution in [0.4, 0.5) is 0 Å². The van der Waals surface area contributed by atoms with Crippen LogP contribution in [0.25, 0.3) is 263 Å². The first kappa shape index (κ1) is 81.6. The van der Waals surface area contributed by atoms with Gasteiger partial charge >= 0.3 is 0 Å². The quantitative estimate of drug-likeness (QED) is 0.152. The molecule has 0 aliphatic heterocycles. The van der Waals surface area contributed by atoms with Crippen LogP contribution >= 0.6 is 0 Å². The van der Waals surface area contributed by atoms with Gasteiger partial charge in [0.05, 0.1) is 88.3 Å². The minimum absolute atomic E-state index is 1.15. The summed E-state index contributed by atoms with van der Waals surface area (Å²) in [4.78, 5) is 17.2. The van der Waals surface area contributed by atoms with Crippen molar-refractivity contribution in [1.82, 2.24) is 56.5 Å². The monoisotopic (exact) mass is 1840 g/mol. The molecule has 12 heterocycles. The van der Waals surface area contributed by atoms with Crippen LogP contribution in [0, 0.1) is 0 Å². The molecule has 32 rings (SSSR count). The summed E-state index contributed by atoms with van der Waals surface area (Å²) in [6.45, 7) is 0. The van der Waals surface area contributed by atoms with Crippen molar-refractivity contribution in [2.24, 2.45) is 0 Å². The van der Waals surface area contributed by atoms with Crippen molar-refractivity contribution >= 4 is 218 Å². The van der Waals surface area contributed by atoms with Gasteiger partial charge < -0.3 is 36.5 Å². The zero-order valence-electron chi connectivity index (χ0n) is 77.9. The van der Waals surface area contributed by atoms with Gasteiger partial charge in [0.15, 0.2) is 0 Å². The number of fused-ring (bicyclic) bond motifs is 31. The van der Waals surface area contributed by atoms with Crippen LogP contribution in [-0.2, 0) is 0 Å². The lowest BCUT2D eigenvalue weighted by Gasteiger charge is -2.11. The Morgan fingerprint density at radius 2 is 0.340 bits per heavy atom. The molecule has 0 fully saturated rings. The molecule has 12 heteroatoms. The Bertz CT molecular complexity index is 10700. The summed E-state index contributed by atoms with van der Waals surface area (Å²) in [6.07, 6.45) is 15.1. The van der Waals surface area contributed by atoms with E-state index in [2.05, 4.69) is 518 Å². The van der Waals surface area contributed by atoms with Crippen molar-refractivity contribution in [3.05, 3.63) is 511 Å². The van der Waals surface area contributed by atoms with E-state index >= 15 is 0 Å². The van der Waals surface area contributed by atoms with Crippen LogP contribution in [0.2, 0.25) is 0 Å². The summed E-state index contributed by atoms with van der Waals surface area (Å²) in [5.41, 5.74) is 28.8. The van der Waals surface area contributed by atoms with E-state index in [0.29, 0.717) is 0 Å². The van der Waals surface area contributed by atoms with Gasteiger partial charge in [-0.25, -0.2) is 0 Å². The van der Waals surface area contributed by atoms with Gasteiger partial charge in [-0.1, -0.05) is 255 Å². The number of pyridine rings is 4. The van der Waals surface area contributed by atoms with Crippen molar-refractivity contribution in [2.45, 2.75) is 0 Å². The summed E-state index contributed by atoms with van der Waals surface area (Å²) in [5.74, 6) is 0. The maximum Gasteiger partial charge on any atom is 0.0641 e. The van der Waals surface area contributed by atoms with Gasteiger partial charge in [0, 0.05) is 203 Å². The average molecular weight is 1840 g/mol.